The monoisotopic (exact) mass is 579 g/mol. The average molecular weight is 580 g/mol. The minimum Gasteiger partial charge on any atom is -0.497 e. The fourth-order valence-corrected chi connectivity index (χ4v) is 7.44. The average Bonchev–Trinajstić information content (AvgIpc) is 3.28. The number of hydrogen-bond acceptors (Lipinski definition) is 6. The van der Waals surface area contributed by atoms with Crippen LogP contribution in [0.15, 0.2) is 70.7 Å². The van der Waals surface area contributed by atoms with E-state index in [1.54, 1.807) is 26.0 Å². The largest absolute Gasteiger partial charge is 0.497 e. The Morgan fingerprint density at radius 2 is 1.43 bits per heavy atom. The highest BCUT2D eigenvalue weighted by Crippen LogP contribution is 2.37. The molecule has 1 N–H and O–H groups in total. The van der Waals surface area contributed by atoms with Gasteiger partial charge in [-0.15, -0.1) is 0 Å². The van der Waals surface area contributed by atoms with Gasteiger partial charge in [-0.1, -0.05) is 36.4 Å². The highest BCUT2D eigenvalue weighted by Gasteiger charge is 2.22. The van der Waals surface area contributed by atoms with Crippen molar-refractivity contribution in [3.63, 3.8) is 0 Å². The molecule has 0 unspecified atom stereocenters. The Balaban J connectivity index is 1.64. The molecule has 7 nitrogen and oxygen atoms in total. The smallest absolute Gasteiger partial charge is 0.241 e. The summed E-state index contributed by atoms with van der Waals surface area (Å²) in [5, 5.41) is 0.848. The summed E-state index contributed by atoms with van der Waals surface area (Å²) in [6.45, 7) is 8.85. The topological polar surface area (TPSA) is 82.5 Å². The summed E-state index contributed by atoms with van der Waals surface area (Å²) >= 11 is 1.55. The van der Waals surface area contributed by atoms with Gasteiger partial charge in [-0.3, -0.25) is 0 Å². The molecule has 1 aromatic heterocycles. The lowest BCUT2D eigenvalue weighted by atomic mass is 10.0. The summed E-state index contributed by atoms with van der Waals surface area (Å²) in [6, 6.07) is 19.7. The number of sulfonamides is 1. The van der Waals surface area contributed by atoms with Crippen LogP contribution in [-0.4, -0.2) is 44.5 Å². The minimum atomic E-state index is -3.63. The Labute approximate surface area is 242 Å². The fourth-order valence-electron chi connectivity index (χ4n) is 4.95. The summed E-state index contributed by atoms with van der Waals surface area (Å²) in [5.74, 6) is 2.11. The Hall–Kier alpha value is -3.27. The minimum absolute atomic E-state index is 0.286. The quantitative estimate of drug-likeness (QED) is 0.150. The molecule has 0 radical (unpaired) electrons. The molecule has 0 aliphatic rings. The first-order valence-corrected chi connectivity index (χ1v) is 15.7. The van der Waals surface area contributed by atoms with E-state index in [-0.39, 0.29) is 6.54 Å². The number of benzene rings is 3. The highest BCUT2D eigenvalue weighted by atomic mass is 32.2. The lowest BCUT2D eigenvalue weighted by Crippen LogP contribution is -2.27. The molecule has 0 atom stereocenters. The van der Waals surface area contributed by atoms with Crippen molar-refractivity contribution in [3.8, 4) is 34.0 Å². The molecule has 0 fully saturated rings. The van der Waals surface area contributed by atoms with Crippen LogP contribution in [0.2, 0.25) is 0 Å². The van der Waals surface area contributed by atoms with Crippen molar-refractivity contribution in [2.45, 2.75) is 50.7 Å². The second-order valence-electron chi connectivity index (χ2n) is 9.67. The SMILES string of the molecule is CCCn1c(SCCNS(=O)(=O)c2c(C)cc(C)cc2C)nc(-c2ccc(OC)cc2)c1-c1ccc(OC)cc1. The Morgan fingerprint density at radius 1 is 0.875 bits per heavy atom. The molecule has 0 aliphatic carbocycles. The van der Waals surface area contributed by atoms with Crippen molar-refractivity contribution < 1.29 is 17.9 Å². The van der Waals surface area contributed by atoms with Crippen LogP contribution < -0.4 is 14.2 Å². The van der Waals surface area contributed by atoms with Crippen LogP contribution in [0, 0.1) is 20.8 Å². The van der Waals surface area contributed by atoms with Crippen molar-refractivity contribution in [3.05, 3.63) is 77.4 Å². The third-order valence-corrected chi connectivity index (χ3v) is 9.35. The molecule has 0 amide bonds. The Bertz CT molecular complexity index is 1540. The zero-order valence-electron chi connectivity index (χ0n) is 23.9. The normalized spacial score (nSPS) is 11.6. The maximum absolute atomic E-state index is 13.1. The van der Waals surface area contributed by atoms with Gasteiger partial charge in [0.15, 0.2) is 5.16 Å². The molecule has 1 heterocycles. The van der Waals surface area contributed by atoms with Crippen LogP contribution in [0.25, 0.3) is 22.5 Å². The maximum atomic E-state index is 13.1. The number of aryl methyl sites for hydroxylation is 3. The van der Waals surface area contributed by atoms with Crippen LogP contribution in [0.5, 0.6) is 11.5 Å². The summed E-state index contributed by atoms with van der Waals surface area (Å²) in [4.78, 5) is 5.44. The van der Waals surface area contributed by atoms with E-state index in [2.05, 4.69) is 16.2 Å². The van der Waals surface area contributed by atoms with Gasteiger partial charge in [0.1, 0.15) is 11.5 Å². The lowest BCUT2D eigenvalue weighted by Gasteiger charge is -2.14. The van der Waals surface area contributed by atoms with E-state index in [1.165, 1.54) is 0 Å². The van der Waals surface area contributed by atoms with E-state index in [0.717, 1.165) is 68.8 Å². The third-order valence-electron chi connectivity index (χ3n) is 6.61. The fraction of sp³-hybridized carbons (Fsp3) is 0.323. The molecule has 0 aliphatic heterocycles. The zero-order chi connectivity index (χ0) is 28.9. The predicted octanol–water partition coefficient (Wildman–Crippen LogP) is 6.64. The van der Waals surface area contributed by atoms with Crippen molar-refractivity contribution in [1.29, 1.82) is 0 Å². The molecule has 0 saturated heterocycles. The number of nitrogens with one attached hydrogen (secondary N) is 1. The first-order valence-electron chi connectivity index (χ1n) is 13.3. The molecular weight excluding hydrogens is 542 g/mol. The molecule has 3 aromatic carbocycles. The van der Waals surface area contributed by atoms with Gasteiger partial charge in [-0.2, -0.15) is 0 Å². The molecule has 4 aromatic rings. The molecule has 0 saturated carbocycles. The number of ether oxygens (including phenoxy) is 2. The third kappa shape index (κ3) is 6.54. The molecule has 9 heteroatoms. The number of methoxy groups -OCH3 is 2. The number of rotatable bonds is 12. The lowest BCUT2D eigenvalue weighted by molar-refractivity contribution is 0.414. The van der Waals surface area contributed by atoms with Crippen LogP contribution >= 0.6 is 11.8 Å². The van der Waals surface area contributed by atoms with Gasteiger partial charge in [0.05, 0.1) is 30.5 Å². The van der Waals surface area contributed by atoms with Crippen molar-refractivity contribution in [2.75, 3.05) is 26.5 Å². The predicted molar refractivity (Wildman–Crippen MR) is 163 cm³/mol. The van der Waals surface area contributed by atoms with Crippen molar-refractivity contribution in [2.24, 2.45) is 0 Å². The molecule has 212 valence electrons. The zero-order valence-corrected chi connectivity index (χ0v) is 25.6. The van der Waals surface area contributed by atoms with Crippen molar-refractivity contribution in [1.82, 2.24) is 14.3 Å². The Kier molecular flexibility index (Phi) is 9.60. The summed E-state index contributed by atoms with van der Waals surface area (Å²) < 4.78 is 42.0. The molecule has 0 bridgehead atoms. The van der Waals surface area contributed by atoms with Crippen molar-refractivity contribution >= 4 is 21.8 Å². The van der Waals surface area contributed by atoms with Gasteiger partial charge in [-0.05, 0) is 86.8 Å². The molecular formula is C31H37N3O4S2. The van der Waals surface area contributed by atoms with E-state index in [9.17, 15) is 8.42 Å². The Morgan fingerprint density at radius 3 is 1.95 bits per heavy atom. The summed E-state index contributed by atoms with van der Waals surface area (Å²) in [5.41, 5.74) is 6.46. The second-order valence-corrected chi connectivity index (χ2v) is 12.4. The van der Waals surface area contributed by atoms with Gasteiger partial charge >= 0.3 is 0 Å². The van der Waals surface area contributed by atoms with E-state index >= 15 is 0 Å². The summed E-state index contributed by atoms with van der Waals surface area (Å²) in [6.07, 6.45) is 0.924. The van der Waals surface area contributed by atoms with Crippen LogP contribution in [-0.2, 0) is 16.6 Å². The first kappa shape index (κ1) is 29.7. The number of aromatic nitrogens is 2. The first-order chi connectivity index (χ1) is 19.2. The standard InChI is InChI=1S/C31H37N3O4S2/c1-7-17-34-29(25-10-14-27(38-6)15-11-25)28(24-8-12-26(37-5)13-9-24)33-31(34)39-18-16-32-40(35,36)30-22(3)19-21(2)20-23(30)4/h8-15,19-20,32H,7,16-18H2,1-6H3. The van der Waals surface area contributed by atoms with Crippen LogP contribution in [0.1, 0.15) is 30.0 Å². The van der Waals surface area contributed by atoms with Gasteiger partial charge in [0.2, 0.25) is 10.0 Å². The van der Waals surface area contributed by atoms with E-state index in [0.29, 0.717) is 10.6 Å². The van der Waals surface area contributed by atoms with E-state index in [1.807, 2.05) is 81.4 Å². The second kappa shape index (κ2) is 12.9. The number of thioether (sulfide) groups is 1. The van der Waals surface area contributed by atoms with Gasteiger partial charge in [0, 0.05) is 30.0 Å². The highest BCUT2D eigenvalue weighted by molar-refractivity contribution is 7.99. The molecule has 4 rings (SSSR count). The van der Waals surface area contributed by atoms with Gasteiger partial charge in [0.25, 0.3) is 0 Å². The van der Waals surface area contributed by atoms with Crippen LogP contribution in [0.4, 0.5) is 0 Å². The molecule has 0 spiro atoms. The number of hydrogen-bond donors (Lipinski definition) is 1. The van der Waals surface area contributed by atoms with E-state index < -0.39 is 10.0 Å². The number of nitrogens with zero attached hydrogens (tertiary/aromatic N) is 2. The number of imidazole rings is 1. The van der Waals surface area contributed by atoms with Crippen LogP contribution in [0.3, 0.4) is 0 Å². The summed E-state index contributed by atoms with van der Waals surface area (Å²) in [7, 11) is -0.322. The van der Waals surface area contributed by atoms with Gasteiger partial charge < -0.3 is 14.0 Å². The van der Waals surface area contributed by atoms with E-state index in [4.69, 9.17) is 14.5 Å². The maximum Gasteiger partial charge on any atom is 0.241 e. The molecule has 40 heavy (non-hydrogen) atoms. The van der Waals surface area contributed by atoms with Gasteiger partial charge in [-0.25, -0.2) is 18.1 Å².